The third-order valence-electron chi connectivity index (χ3n) is 3.79. The van der Waals surface area contributed by atoms with E-state index in [9.17, 15) is 14.4 Å². The van der Waals surface area contributed by atoms with Gasteiger partial charge in [0.15, 0.2) is 0 Å². The lowest BCUT2D eigenvalue weighted by molar-refractivity contribution is -0.116. The zero-order valence-electron chi connectivity index (χ0n) is 15.9. The van der Waals surface area contributed by atoms with Crippen molar-refractivity contribution in [2.45, 2.75) is 40.2 Å². The minimum absolute atomic E-state index is 0.113. The predicted molar refractivity (Wildman–Crippen MR) is 101 cm³/mol. The monoisotopic (exact) mass is 372 g/mol. The highest BCUT2D eigenvalue weighted by molar-refractivity contribution is 6.00. The van der Waals surface area contributed by atoms with E-state index >= 15 is 0 Å². The van der Waals surface area contributed by atoms with Crippen LogP contribution in [0.3, 0.4) is 0 Å². The zero-order chi connectivity index (χ0) is 20.0. The Morgan fingerprint density at radius 1 is 1.26 bits per heavy atom. The van der Waals surface area contributed by atoms with Gasteiger partial charge in [-0.05, 0) is 45.4 Å². The standard InChI is InChI=1S/C19H24N4O4/c1-11(2)27-19(26)16-12(3)17(22-13(16)4)18(25)21-9-7-15(24)23-14-6-5-8-20-10-14/h5-6,8,10-11,22H,7,9H2,1-4H3,(H,21,25)(H,23,24). The van der Waals surface area contributed by atoms with Crippen molar-refractivity contribution in [3.05, 3.63) is 47.0 Å². The molecule has 27 heavy (non-hydrogen) atoms. The van der Waals surface area contributed by atoms with Crippen LogP contribution in [0.5, 0.6) is 0 Å². The molecule has 0 aliphatic rings. The lowest BCUT2D eigenvalue weighted by atomic mass is 10.1. The minimum Gasteiger partial charge on any atom is -0.459 e. The molecule has 2 heterocycles. The second-order valence-corrected chi connectivity index (χ2v) is 6.37. The second kappa shape index (κ2) is 8.98. The van der Waals surface area contributed by atoms with Crippen LogP contribution in [0, 0.1) is 13.8 Å². The van der Waals surface area contributed by atoms with Gasteiger partial charge in [0.2, 0.25) is 5.91 Å². The Kier molecular flexibility index (Phi) is 6.70. The number of pyridine rings is 1. The first-order chi connectivity index (χ1) is 12.8. The summed E-state index contributed by atoms with van der Waals surface area (Å²) < 4.78 is 5.21. The Morgan fingerprint density at radius 2 is 2.00 bits per heavy atom. The minimum atomic E-state index is -0.467. The molecule has 3 N–H and O–H groups in total. The highest BCUT2D eigenvalue weighted by Gasteiger charge is 2.23. The van der Waals surface area contributed by atoms with Gasteiger partial charge in [0.05, 0.1) is 23.6 Å². The van der Waals surface area contributed by atoms with E-state index in [4.69, 9.17) is 4.74 Å². The van der Waals surface area contributed by atoms with Gasteiger partial charge in [-0.25, -0.2) is 4.79 Å². The van der Waals surface area contributed by atoms with Crippen LogP contribution < -0.4 is 10.6 Å². The van der Waals surface area contributed by atoms with E-state index in [-0.39, 0.29) is 36.6 Å². The maximum Gasteiger partial charge on any atom is 0.340 e. The molecule has 0 radical (unpaired) electrons. The fourth-order valence-electron chi connectivity index (χ4n) is 2.59. The predicted octanol–water partition coefficient (Wildman–Crippen LogP) is 2.35. The van der Waals surface area contributed by atoms with Crippen LogP contribution in [0.25, 0.3) is 0 Å². The number of hydrogen-bond acceptors (Lipinski definition) is 5. The third kappa shape index (κ3) is 5.40. The molecule has 8 heteroatoms. The number of aryl methyl sites for hydroxylation is 1. The summed E-state index contributed by atoms with van der Waals surface area (Å²) in [5.41, 5.74) is 2.34. The van der Waals surface area contributed by atoms with Crippen LogP contribution in [0.1, 0.15) is 52.4 Å². The van der Waals surface area contributed by atoms with Crippen molar-refractivity contribution in [2.75, 3.05) is 11.9 Å². The first-order valence-corrected chi connectivity index (χ1v) is 8.67. The highest BCUT2D eigenvalue weighted by Crippen LogP contribution is 2.19. The van der Waals surface area contributed by atoms with E-state index < -0.39 is 5.97 Å². The lowest BCUT2D eigenvalue weighted by Crippen LogP contribution is -2.28. The highest BCUT2D eigenvalue weighted by atomic mass is 16.5. The molecule has 2 aromatic heterocycles. The van der Waals surface area contributed by atoms with Gasteiger partial charge in [0, 0.05) is 24.9 Å². The number of anilines is 1. The molecule has 144 valence electrons. The van der Waals surface area contributed by atoms with E-state index in [2.05, 4.69) is 20.6 Å². The number of aromatic nitrogens is 2. The fourth-order valence-corrected chi connectivity index (χ4v) is 2.59. The Labute approximate surface area is 157 Å². The fraction of sp³-hybridized carbons (Fsp3) is 0.368. The molecule has 2 rings (SSSR count). The van der Waals surface area contributed by atoms with Gasteiger partial charge in [0.25, 0.3) is 5.91 Å². The summed E-state index contributed by atoms with van der Waals surface area (Å²) in [5, 5.41) is 5.37. The number of rotatable bonds is 7. The summed E-state index contributed by atoms with van der Waals surface area (Å²) in [7, 11) is 0. The van der Waals surface area contributed by atoms with E-state index in [1.54, 1.807) is 52.2 Å². The van der Waals surface area contributed by atoms with E-state index in [0.29, 0.717) is 22.5 Å². The molecule has 0 atom stereocenters. The molecular formula is C19H24N4O4. The molecule has 2 amide bonds. The number of nitrogens with zero attached hydrogens (tertiary/aromatic N) is 1. The molecule has 0 saturated heterocycles. The zero-order valence-corrected chi connectivity index (χ0v) is 15.9. The van der Waals surface area contributed by atoms with Crippen LogP contribution in [0.15, 0.2) is 24.5 Å². The average Bonchev–Trinajstić information content (AvgIpc) is 2.89. The van der Waals surface area contributed by atoms with Crippen LogP contribution in [0.4, 0.5) is 5.69 Å². The Hall–Kier alpha value is -3.16. The van der Waals surface area contributed by atoms with Gasteiger partial charge >= 0.3 is 5.97 Å². The van der Waals surface area contributed by atoms with Crippen molar-refractivity contribution < 1.29 is 19.1 Å². The Morgan fingerprint density at radius 3 is 2.63 bits per heavy atom. The molecule has 0 bridgehead atoms. The number of aromatic amines is 1. The van der Waals surface area contributed by atoms with Gasteiger partial charge in [-0.3, -0.25) is 14.6 Å². The van der Waals surface area contributed by atoms with Crippen LogP contribution in [-0.4, -0.2) is 40.4 Å². The number of carbonyl (C=O) groups is 3. The van der Waals surface area contributed by atoms with Crippen molar-refractivity contribution in [1.29, 1.82) is 0 Å². The topological polar surface area (TPSA) is 113 Å². The van der Waals surface area contributed by atoms with Crippen LogP contribution >= 0.6 is 0 Å². The second-order valence-electron chi connectivity index (χ2n) is 6.37. The number of ether oxygens (including phenoxy) is 1. The largest absolute Gasteiger partial charge is 0.459 e. The summed E-state index contributed by atoms with van der Waals surface area (Å²) in [5.74, 6) is -1.08. The van der Waals surface area contributed by atoms with Crippen molar-refractivity contribution in [3.8, 4) is 0 Å². The van der Waals surface area contributed by atoms with Crippen molar-refractivity contribution in [2.24, 2.45) is 0 Å². The van der Waals surface area contributed by atoms with Crippen molar-refractivity contribution in [1.82, 2.24) is 15.3 Å². The number of esters is 1. The molecule has 0 aromatic carbocycles. The summed E-state index contributed by atoms with van der Waals surface area (Å²) in [6.45, 7) is 7.08. The Balaban J connectivity index is 1.92. The molecule has 0 fully saturated rings. The van der Waals surface area contributed by atoms with E-state index in [0.717, 1.165) is 0 Å². The van der Waals surface area contributed by atoms with E-state index in [1.165, 1.54) is 0 Å². The van der Waals surface area contributed by atoms with Gasteiger partial charge in [-0.15, -0.1) is 0 Å². The van der Waals surface area contributed by atoms with Crippen LogP contribution in [-0.2, 0) is 9.53 Å². The number of amides is 2. The van der Waals surface area contributed by atoms with Gasteiger partial charge in [0.1, 0.15) is 5.69 Å². The van der Waals surface area contributed by atoms with Crippen LogP contribution in [0.2, 0.25) is 0 Å². The van der Waals surface area contributed by atoms with Gasteiger partial charge in [-0.1, -0.05) is 0 Å². The number of hydrogen-bond donors (Lipinski definition) is 3. The number of nitrogens with one attached hydrogen (secondary N) is 3. The normalized spacial score (nSPS) is 10.6. The summed E-state index contributed by atoms with van der Waals surface area (Å²) >= 11 is 0. The first-order valence-electron chi connectivity index (χ1n) is 8.67. The number of H-pyrrole nitrogens is 1. The smallest absolute Gasteiger partial charge is 0.340 e. The van der Waals surface area contributed by atoms with Gasteiger partial charge < -0.3 is 20.4 Å². The Bertz CT molecular complexity index is 828. The molecule has 0 aliphatic carbocycles. The maximum absolute atomic E-state index is 12.4. The lowest BCUT2D eigenvalue weighted by Gasteiger charge is -2.08. The summed E-state index contributed by atoms with van der Waals surface area (Å²) in [4.78, 5) is 43.3. The third-order valence-corrected chi connectivity index (χ3v) is 3.79. The van der Waals surface area contributed by atoms with Crippen molar-refractivity contribution >= 4 is 23.5 Å². The number of carbonyl (C=O) groups excluding carboxylic acids is 3. The molecule has 0 aliphatic heterocycles. The molecule has 0 saturated carbocycles. The quantitative estimate of drug-likeness (QED) is 0.646. The molecule has 0 unspecified atom stereocenters. The SMILES string of the molecule is Cc1[nH]c(C(=O)NCCC(=O)Nc2cccnc2)c(C)c1C(=O)OC(C)C. The van der Waals surface area contributed by atoms with Crippen molar-refractivity contribution in [3.63, 3.8) is 0 Å². The van der Waals surface area contributed by atoms with Gasteiger partial charge in [-0.2, -0.15) is 0 Å². The molecule has 8 nitrogen and oxygen atoms in total. The summed E-state index contributed by atoms with van der Waals surface area (Å²) in [6, 6.07) is 3.45. The molecule has 2 aromatic rings. The van der Waals surface area contributed by atoms with E-state index in [1.807, 2.05) is 0 Å². The maximum atomic E-state index is 12.4. The summed E-state index contributed by atoms with van der Waals surface area (Å²) in [6.07, 6.45) is 3.02. The average molecular weight is 372 g/mol. The molecule has 0 spiro atoms. The first kappa shape index (κ1) is 20.2. The molecular weight excluding hydrogens is 348 g/mol.